The Hall–Kier alpha value is -1.44. The first-order valence-electron chi connectivity index (χ1n) is 9.98. The predicted molar refractivity (Wildman–Crippen MR) is 106 cm³/mol. The number of nitrogens with zero attached hydrogens (tertiary/aromatic N) is 2. The Morgan fingerprint density at radius 3 is 2.59 bits per heavy atom. The van der Waals surface area contributed by atoms with Crippen LogP contribution in [0.25, 0.3) is 0 Å². The van der Waals surface area contributed by atoms with E-state index in [1.165, 1.54) is 10.7 Å². The SMILES string of the molecule is CNC1CCCN(C(=O)c2cccc(S(=O)(=O)N(C)C3CCCCC3)c2)C1. The van der Waals surface area contributed by atoms with E-state index in [9.17, 15) is 13.2 Å². The van der Waals surface area contributed by atoms with Crippen LogP contribution in [0.3, 0.4) is 0 Å². The van der Waals surface area contributed by atoms with Gasteiger partial charge in [-0.15, -0.1) is 0 Å². The second kappa shape index (κ2) is 8.71. The predicted octanol–water partition coefficient (Wildman–Crippen LogP) is 2.46. The third-order valence-electron chi connectivity index (χ3n) is 5.96. The van der Waals surface area contributed by atoms with Crippen LogP contribution in [0.1, 0.15) is 55.3 Å². The first-order valence-corrected chi connectivity index (χ1v) is 11.4. The number of amides is 1. The molecule has 1 saturated heterocycles. The lowest BCUT2D eigenvalue weighted by Crippen LogP contribution is -2.47. The van der Waals surface area contributed by atoms with E-state index in [1.54, 1.807) is 31.3 Å². The maximum Gasteiger partial charge on any atom is 0.253 e. The van der Waals surface area contributed by atoms with Crippen molar-refractivity contribution in [2.45, 2.75) is 61.9 Å². The van der Waals surface area contributed by atoms with Crippen LogP contribution < -0.4 is 5.32 Å². The number of likely N-dealkylation sites (tertiary alicyclic amines) is 1. The molecule has 2 aliphatic rings. The van der Waals surface area contributed by atoms with Crippen molar-refractivity contribution in [2.75, 3.05) is 27.2 Å². The van der Waals surface area contributed by atoms with E-state index in [1.807, 2.05) is 11.9 Å². The van der Waals surface area contributed by atoms with Gasteiger partial charge < -0.3 is 10.2 Å². The molecule has 0 aromatic heterocycles. The Kier molecular flexibility index (Phi) is 6.55. The zero-order valence-corrected chi connectivity index (χ0v) is 17.2. The summed E-state index contributed by atoms with van der Waals surface area (Å²) in [6, 6.07) is 6.88. The summed E-state index contributed by atoms with van der Waals surface area (Å²) in [5, 5.41) is 3.23. The molecule has 3 rings (SSSR count). The fourth-order valence-corrected chi connectivity index (χ4v) is 5.64. The van der Waals surface area contributed by atoms with Gasteiger partial charge in [0.15, 0.2) is 0 Å². The first-order chi connectivity index (χ1) is 12.9. The van der Waals surface area contributed by atoms with E-state index in [4.69, 9.17) is 0 Å². The van der Waals surface area contributed by atoms with E-state index >= 15 is 0 Å². The highest BCUT2D eigenvalue weighted by Crippen LogP contribution is 2.27. The minimum atomic E-state index is -3.59. The number of sulfonamides is 1. The number of benzene rings is 1. The van der Waals surface area contributed by atoms with E-state index in [-0.39, 0.29) is 16.8 Å². The first kappa shape index (κ1) is 20.3. The molecule has 1 aliphatic heterocycles. The molecule has 1 unspecified atom stereocenters. The summed E-state index contributed by atoms with van der Waals surface area (Å²) in [4.78, 5) is 14.9. The van der Waals surface area contributed by atoms with Crippen LogP contribution in [-0.4, -0.2) is 62.8 Å². The van der Waals surface area contributed by atoms with Gasteiger partial charge in [-0.2, -0.15) is 4.31 Å². The molecule has 1 atom stereocenters. The molecule has 0 radical (unpaired) electrons. The highest BCUT2D eigenvalue weighted by molar-refractivity contribution is 7.89. The fraction of sp³-hybridized carbons (Fsp3) is 0.650. The van der Waals surface area contributed by atoms with Crippen LogP contribution >= 0.6 is 0 Å². The highest BCUT2D eigenvalue weighted by Gasteiger charge is 2.30. The van der Waals surface area contributed by atoms with E-state index in [2.05, 4.69) is 5.32 Å². The van der Waals surface area contributed by atoms with Gasteiger partial charge in [-0.1, -0.05) is 25.3 Å². The second-order valence-corrected chi connectivity index (χ2v) is 9.72. The third-order valence-corrected chi connectivity index (χ3v) is 7.87. The third kappa shape index (κ3) is 4.52. The minimum absolute atomic E-state index is 0.0570. The molecule has 2 fully saturated rings. The molecule has 1 heterocycles. The van der Waals surface area contributed by atoms with Gasteiger partial charge in [0, 0.05) is 37.8 Å². The number of rotatable bonds is 5. The van der Waals surface area contributed by atoms with Gasteiger partial charge in [0.25, 0.3) is 5.91 Å². The monoisotopic (exact) mass is 393 g/mol. The zero-order valence-electron chi connectivity index (χ0n) is 16.4. The Morgan fingerprint density at radius 1 is 1.15 bits per heavy atom. The quantitative estimate of drug-likeness (QED) is 0.834. The maximum absolute atomic E-state index is 13.1. The Morgan fingerprint density at radius 2 is 1.89 bits per heavy atom. The molecule has 1 aromatic carbocycles. The van der Waals surface area contributed by atoms with Gasteiger partial charge in [-0.25, -0.2) is 8.42 Å². The van der Waals surface area contributed by atoms with E-state index in [0.717, 1.165) is 45.1 Å². The van der Waals surface area contributed by atoms with Crippen molar-refractivity contribution >= 4 is 15.9 Å². The van der Waals surface area contributed by atoms with Crippen molar-refractivity contribution in [3.05, 3.63) is 29.8 Å². The molecule has 150 valence electrons. The van der Waals surface area contributed by atoms with Crippen molar-refractivity contribution in [1.82, 2.24) is 14.5 Å². The summed E-state index contributed by atoms with van der Waals surface area (Å²) in [6.07, 6.45) is 7.16. The Labute approximate surface area is 163 Å². The van der Waals surface area contributed by atoms with Crippen molar-refractivity contribution in [2.24, 2.45) is 0 Å². The van der Waals surface area contributed by atoms with Gasteiger partial charge in [0.05, 0.1) is 4.90 Å². The van der Waals surface area contributed by atoms with Gasteiger partial charge in [0.2, 0.25) is 10.0 Å². The molecule has 0 spiro atoms. The van der Waals surface area contributed by atoms with Gasteiger partial charge >= 0.3 is 0 Å². The van der Waals surface area contributed by atoms with Crippen molar-refractivity contribution in [3.8, 4) is 0 Å². The molecule has 1 saturated carbocycles. The number of hydrogen-bond donors (Lipinski definition) is 1. The summed E-state index contributed by atoms with van der Waals surface area (Å²) >= 11 is 0. The second-order valence-electron chi connectivity index (χ2n) is 7.72. The largest absolute Gasteiger partial charge is 0.337 e. The number of piperidine rings is 1. The topological polar surface area (TPSA) is 69.7 Å². The van der Waals surface area contributed by atoms with E-state index < -0.39 is 10.0 Å². The molecule has 27 heavy (non-hydrogen) atoms. The molecule has 1 amide bonds. The van der Waals surface area contributed by atoms with Crippen LogP contribution in [-0.2, 0) is 10.0 Å². The van der Waals surface area contributed by atoms with Crippen LogP contribution in [0.2, 0.25) is 0 Å². The van der Waals surface area contributed by atoms with Gasteiger partial charge in [0.1, 0.15) is 0 Å². The average Bonchev–Trinajstić information content (AvgIpc) is 2.73. The van der Waals surface area contributed by atoms with Crippen molar-refractivity contribution in [3.63, 3.8) is 0 Å². The molecule has 1 aromatic rings. The molecular formula is C20H31N3O3S. The van der Waals surface area contributed by atoms with Gasteiger partial charge in [-0.3, -0.25) is 4.79 Å². The zero-order chi connectivity index (χ0) is 19.4. The summed E-state index contributed by atoms with van der Waals surface area (Å²) in [5.41, 5.74) is 0.449. The minimum Gasteiger partial charge on any atom is -0.337 e. The van der Waals surface area contributed by atoms with Crippen molar-refractivity contribution in [1.29, 1.82) is 0 Å². The number of hydrogen-bond acceptors (Lipinski definition) is 4. The van der Waals surface area contributed by atoms with Crippen LogP contribution in [0.4, 0.5) is 0 Å². The molecule has 1 N–H and O–H groups in total. The van der Waals surface area contributed by atoms with Gasteiger partial charge in [-0.05, 0) is 50.9 Å². The number of carbonyl (C=O) groups is 1. The normalized spacial score (nSPS) is 22.2. The lowest BCUT2D eigenvalue weighted by atomic mass is 9.96. The fourth-order valence-electron chi connectivity index (χ4n) is 4.18. The standard InChI is InChI=1S/C20H31N3O3S/c1-21-17-9-7-13-23(15-17)20(24)16-8-6-12-19(14-16)27(25,26)22(2)18-10-4-3-5-11-18/h6,8,12,14,17-18,21H,3-5,7,9-11,13,15H2,1-2H3. The highest BCUT2D eigenvalue weighted by atomic mass is 32.2. The summed E-state index contributed by atoms with van der Waals surface area (Å²) in [5.74, 6) is -0.0904. The summed E-state index contributed by atoms with van der Waals surface area (Å²) in [6.45, 7) is 1.38. The van der Waals surface area contributed by atoms with Crippen LogP contribution in [0.5, 0.6) is 0 Å². The Balaban J connectivity index is 1.79. The summed E-state index contributed by atoms with van der Waals surface area (Å²) < 4.78 is 27.7. The maximum atomic E-state index is 13.1. The smallest absolute Gasteiger partial charge is 0.253 e. The number of likely N-dealkylation sites (N-methyl/N-ethyl adjacent to an activating group) is 1. The molecule has 1 aliphatic carbocycles. The molecular weight excluding hydrogens is 362 g/mol. The lowest BCUT2D eigenvalue weighted by Gasteiger charge is -2.33. The molecule has 0 bridgehead atoms. The summed E-state index contributed by atoms with van der Waals surface area (Å²) in [7, 11) is -0.0123. The van der Waals surface area contributed by atoms with Crippen molar-refractivity contribution < 1.29 is 13.2 Å². The molecule has 7 heteroatoms. The van der Waals surface area contributed by atoms with Crippen LogP contribution in [0, 0.1) is 0 Å². The molecule has 6 nitrogen and oxygen atoms in total. The average molecular weight is 394 g/mol. The lowest BCUT2D eigenvalue weighted by molar-refractivity contribution is 0.0698. The Bertz CT molecular complexity index is 759. The van der Waals surface area contributed by atoms with Crippen LogP contribution in [0.15, 0.2) is 29.2 Å². The number of carbonyl (C=O) groups excluding carboxylic acids is 1. The van der Waals surface area contributed by atoms with E-state index in [0.29, 0.717) is 18.2 Å². The number of nitrogens with one attached hydrogen (secondary N) is 1.